The summed E-state index contributed by atoms with van der Waals surface area (Å²) in [4.78, 5) is 24.8. The number of nitrogens with two attached hydrogens (primary N) is 1. The van der Waals surface area contributed by atoms with Crippen molar-refractivity contribution in [3.05, 3.63) is 49.4 Å². The number of nitrogens with one attached hydrogen (secondary N) is 1. The molecule has 1 aromatic carbocycles. The number of benzene rings is 1. The number of aryl methyl sites for hydroxylation is 1. The van der Waals surface area contributed by atoms with Crippen molar-refractivity contribution in [3.8, 4) is 0 Å². The fraction of sp³-hybridized carbons (Fsp3) is 0.143. The maximum atomic E-state index is 12.3. The van der Waals surface area contributed by atoms with E-state index in [0.717, 1.165) is 14.0 Å². The van der Waals surface area contributed by atoms with E-state index >= 15 is 0 Å². The summed E-state index contributed by atoms with van der Waals surface area (Å²) < 4.78 is 0.855. The molecule has 1 aromatic heterocycles. The van der Waals surface area contributed by atoms with Crippen LogP contribution in [0.15, 0.2) is 24.3 Å². The average molecular weight is 400 g/mol. The lowest BCUT2D eigenvalue weighted by Crippen LogP contribution is -2.18. The lowest BCUT2D eigenvalue weighted by molar-refractivity contribution is 0.100. The van der Waals surface area contributed by atoms with E-state index in [-0.39, 0.29) is 5.91 Å². The summed E-state index contributed by atoms with van der Waals surface area (Å²) in [6, 6.07) is 7.27. The second-order valence-corrected chi connectivity index (χ2v) is 6.67. The number of anilines is 1. The second kappa shape index (κ2) is 5.92. The average Bonchev–Trinajstić information content (AvgIpc) is 2.65. The number of thiophene rings is 1. The minimum Gasteiger partial charge on any atom is -0.365 e. The Labute approximate surface area is 134 Å². The molecular formula is C14H13IN2O2S. The molecule has 3 N–H and O–H groups in total. The van der Waals surface area contributed by atoms with Crippen molar-refractivity contribution < 1.29 is 9.59 Å². The smallest absolute Gasteiger partial charge is 0.257 e. The van der Waals surface area contributed by atoms with Crippen LogP contribution in [0.1, 0.15) is 31.2 Å². The van der Waals surface area contributed by atoms with Crippen LogP contribution in [0.3, 0.4) is 0 Å². The third-order valence-corrected chi connectivity index (χ3v) is 5.04. The van der Waals surface area contributed by atoms with Gasteiger partial charge in [-0.15, -0.1) is 11.3 Å². The number of hydrogen-bond acceptors (Lipinski definition) is 3. The van der Waals surface area contributed by atoms with Crippen LogP contribution in [0.25, 0.3) is 0 Å². The third-order valence-electron chi connectivity index (χ3n) is 2.98. The first-order valence-corrected chi connectivity index (χ1v) is 7.77. The van der Waals surface area contributed by atoms with E-state index < -0.39 is 5.91 Å². The molecule has 2 amide bonds. The molecule has 0 radical (unpaired) electrons. The summed E-state index contributed by atoms with van der Waals surface area (Å²) in [5.41, 5.74) is 7.18. The first kappa shape index (κ1) is 15.0. The quantitative estimate of drug-likeness (QED) is 0.776. The molecule has 2 aromatic rings. The van der Waals surface area contributed by atoms with Gasteiger partial charge in [0.05, 0.1) is 11.1 Å². The molecule has 2 rings (SSSR count). The minimum atomic E-state index is -0.523. The standard InChI is InChI=1S/C14H13IN2O2S/c1-7-8(2)20-14(11(7)12(16)18)17-13(19)9-5-3-4-6-10(9)15/h3-6H,1-2H3,(H2,16,18)(H,17,19). The van der Waals surface area contributed by atoms with Gasteiger partial charge in [-0.1, -0.05) is 12.1 Å². The Bertz CT molecular complexity index is 694. The lowest BCUT2D eigenvalue weighted by atomic mass is 10.1. The Hall–Kier alpha value is -1.41. The van der Waals surface area contributed by atoms with Crippen LogP contribution >= 0.6 is 33.9 Å². The fourth-order valence-corrected chi connectivity index (χ4v) is 3.52. The van der Waals surface area contributed by atoms with Crippen LogP contribution in [0.2, 0.25) is 0 Å². The highest BCUT2D eigenvalue weighted by atomic mass is 127. The number of amides is 2. The first-order valence-electron chi connectivity index (χ1n) is 5.87. The van der Waals surface area contributed by atoms with Gasteiger partial charge in [-0.3, -0.25) is 9.59 Å². The lowest BCUT2D eigenvalue weighted by Gasteiger charge is -2.06. The molecule has 4 nitrogen and oxygen atoms in total. The summed E-state index contributed by atoms with van der Waals surface area (Å²) in [5.74, 6) is -0.761. The van der Waals surface area contributed by atoms with Crippen molar-refractivity contribution in [1.29, 1.82) is 0 Å². The van der Waals surface area contributed by atoms with Crippen LogP contribution < -0.4 is 11.1 Å². The van der Waals surface area contributed by atoms with Gasteiger partial charge < -0.3 is 11.1 Å². The molecule has 0 atom stereocenters. The first-order chi connectivity index (χ1) is 9.41. The molecule has 6 heteroatoms. The molecule has 0 bridgehead atoms. The van der Waals surface area contributed by atoms with Crippen molar-refractivity contribution in [1.82, 2.24) is 0 Å². The molecular weight excluding hydrogens is 387 g/mol. The topological polar surface area (TPSA) is 72.2 Å². The van der Waals surface area contributed by atoms with Gasteiger partial charge in [0.1, 0.15) is 5.00 Å². The number of carbonyl (C=O) groups excluding carboxylic acids is 2. The summed E-state index contributed by atoms with van der Waals surface area (Å²) in [6.07, 6.45) is 0. The number of primary amides is 1. The summed E-state index contributed by atoms with van der Waals surface area (Å²) in [7, 11) is 0. The van der Waals surface area contributed by atoms with Crippen molar-refractivity contribution in [2.24, 2.45) is 5.73 Å². The summed E-state index contributed by atoms with van der Waals surface area (Å²) >= 11 is 3.47. The van der Waals surface area contributed by atoms with E-state index in [9.17, 15) is 9.59 Å². The SMILES string of the molecule is Cc1sc(NC(=O)c2ccccc2I)c(C(N)=O)c1C. The van der Waals surface area contributed by atoms with E-state index in [0.29, 0.717) is 16.1 Å². The van der Waals surface area contributed by atoms with E-state index in [2.05, 4.69) is 27.9 Å². The predicted octanol–water partition coefficient (Wildman–Crippen LogP) is 3.32. The van der Waals surface area contributed by atoms with Crippen molar-refractivity contribution in [2.75, 3.05) is 5.32 Å². The summed E-state index contributed by atoms with van der Waals surface area (Å²) in [5, 5.41) is 3.30. The fourth-order valence-electron chi connectivity index (χ4n) is 1.83. The van der Waals surface area contributed by atoms with Gasteiger partial charge in [-0.05, 0) is 54.1 Å². The van der Waals surface area contributed by atoms with Gasteiger partial charge in [0.2, 0.25) is 0 Å². The molecule has 0 aliphatic carbocycles. The zero-order valence-corrected chi connectivity index (χ0v) is 14.0. The zero-order chi connectivity index (χ0) is 14.9. The Morgan fingerprint density at radius 2 is 1.90 bits per heavy atom. The highest BCUT2D eigenvalue weighted by Gasteiger charge is 2.20. The van der Waals surface area contributed by atoms with Gasteiger partial charge in [0.15, 0.2) is 0 Å². The van der Waals surface area contributed by atoms with E-state index in [1.165, 1.54) is 11.3 Å². The molecule has 0 spiro atoms. The summed E-state index contributed by atoms with van der Waals surface area (Å²) in [6.45, 7) is 3.72. The largest absolute Gasteiger partial charge is 0.365 e. The second-order valence-electron chi connectivity index (χ2n) is 4.29. The van der Waals surface area contributed by atoms with Crippen molar-refractivity contribution in [2.45, 2.75) is 13.8 Å². The normalized spacial score (nSPS) is 10.3. The molecule has 0 unspecified atom stereocenters. The molecule has 0 aliphatic heterocycles. The van der Waals surface area contributed by atoms with E-state index in [4.69, 9.17) is 5.73 Å². The molecule has 0 saturated heterocycles. The maximum Gasteiger partial charge on any atom is 0.257 e. The Morgan fingerprint density at radius 3 is 2.50 bits per heavy atom. The highest BCUT2D eigenvalue weighted by Crippen LogP contribution is 2.32. The highest BCUT2D eigenvalue weighted by molar-refractivity contribution is 14.1. The zero-order valence-electron chi connectivity index (χ0n) is 11.0. The minimum absolute atomic E-state index is 0.237. The molecule has 0 saturated carbocycles. The van der Waals surface area contributed by atoms with E-state index in [1.54, 1.807) is 12.1 Å². The van der Waals surface area contributed by atoms with Gasteiger partial charge in [0, 0.05) is 8.45 Å². The Balaban J connectivity index is 2.36. The Morgan fingerprint density at radius 1 is 1.25 bits per heavy atom. The van der Waals surface area contributed by atoms with Gasteiger partial charge in [-0.25, -0.2) is 0 Å². The monoisotopic (exact) mass is 400 g/mol. The van der Waals surface area contributed by atoms with Crippen molar-refractivity contribution >= 4 is 50.7 Å². The molecule has 1 heterocycles. The molecule has 20 heavy (non-hydrogen) atoms. The van der Waals surface area contributed by atoms with Crippen LogP contribution in [-0.4, -0.2) is 11.8 Å². The van der Waals surface area contributed by atoms with Crippen LogP contribution in [0, 0.1) is 17.4 Å². The van der Waals surface area contributed by atoms with Gasteiger partial charge in [0.25, 0.3) is 11.8 Å². The van der Waals surface area contributed by atoms with Crippen LogP contribution in [0.4, 0.5) is 5.00 Å². The van der Waals surface area contributed by atoms with Gasteiger partial charge >= 0.3 is 0 Å². The van der Waals surface area contributed by atoms with Crippen molar-refractivity contribution in [3.63, 3.8) is 0 Å². The van der Waals surface area contributed by atoms with Crippen LogP contribution in [-0.2, 0) is 0 Å². The number of halogens is 1. The predicted molar refractivity (Wildman–Crippen MR) is 89.4 cm³/mol. The van der Waals surface area contributed by atoms with Crippen LogP contribution in [0.5, 0.6) is 0 Å². The van der Waals surface area contributed by atoms with E-state index in [1.807, 2.05) is 26.0 Å². The number of hydrogen-bond donors (Lipinski definition) is 2. The maximum absolute atomic E-state index is 12.3. The third kappa shape index (κ3) is 2.85. The number of rotatable bonds is 3. The molecule has 0 aliphatic rings. The Kier molecular flexibility index (Phi) is 4.44. The van der Waals surface area contributed by atoms with Gasteiger partial charge in [-0.2, -0.15) is 0 Å². The molecule has 0 fully saturated rings. The molecule has 104 valence electrons. The number of carbonyl (C=O) groups is 2.